The van der Waals surface area contributed by atoms with Crippen molar-refractivity contribution in [3.63, 3.8) is 0 Å². The van der Waals surface area contributed by atoms with Crippen LogP contribution in [0.3, 0.4) is 0 Å². The quantitative estimate of drug-likeness (QED) is 0.681. The van der Waals surface area contributed by atoms with Crippen molar-refractivity contribution in [3.8, 4) is 0 Å². The summed E-state index contributed by atoms with van der Waals surface area (Å²) >= 11 is 0. The van der Waals surface area contributed by atoms with E-state index in [4.69, 9.17) is 4.74 Å². The summed E-state index contributed by atoms with van der Waals surface area (Å²) in [6.07, 6.45) is 0.110. The average Bonchev–Trinajstić information content (AvgIpc) is 2.92. The molecule has 2 amide bonds. The van der Waals surface area contributed by atoms with Gasteiger partial charge in [-0.1, -0.05) is 13.8 Å². The molecule has 1 aromatic carbocycles. The molecule has 0 radical (unpaired) electrons. The Morgan fingerprint density at radius 1 is 1.23 bits per heavy atom. The van der Waals surface area contributed by atoms with Crippen LogP contribution in [0.1, 0.15) is 37.6 Å². The Balaban J connectivity index is 2.06. The first kappa shape index (κ1) is 19.9. The van der Waals surface area contributed by atoms with Gasteiger partial charge in [0, 0.05) is 18.3 Å². The lowest BCUT2D eigenvalue weighted by molar-refractivity contribution is -0.127. The topological polar surface area (TPSA) is 96.5 Å². The van der Waals surface area contributed by atoms with Crippen LogP contribution in [0, 0.1) is 5.92 Å². The Kier molecular flexibility index (Phi) is 6.74. The minimum absolute atomic E-state index is 0.00509. The summed E-state index contributed by atoms with van der Waals surface area (Å²) < 4.78 is 5.25. The Hall–Kier alpha value is -2.41. The zero-order chi connectivity index (χ0) is 19.3. The van der Waals surface area contributed by atoms with Crippen LogP contribution in [0.15, 0.2) is 24.3 Å². The second-order valence-electron chi connectivity index (χ2n) is 6.95. The summed E-state index contributed by atoms with van der Waals surface area (Å²) in [5, 5.41) is 8.49. The lowest BCUT2D eigenvalue weighted by atomic mass is 10.0. The molecule has 0 aliphatic carbocycles. The number of Topliss-reactive ketones (excluding diaryl/α,β-unsaturated/α-hetero) is 1. The van der Waals surface area contributed by atoms with Gasteiger partial charge in [-0.25, -0.2) is 0 Å². The van der Waals surface area contributed by atoms with Crippen molar-refractivity contribution in [1.82, 2.24) is 10.6 Å². The van der Waals surface area contributed by atoms with Crippen molar-refractivity contribution in [2.45, 2.75) is 45.4 Å². The number of hydrogen-bond acceptors (Lipinski definition) is 5. The van der Waals surface area contributed by atoms with Crippen LogP contribution in [-0.2, 0) is 14.3 Å². The van der Waals surface area contributed by atoms with Crippen LogP contribution in [0.5, 0.6) is 0 Å². The van der Waals surface area contributed by atoms with E-state index in [0.717, 1.165) is 5.69 Å². The fourth-order valence-electron chi connectivity index (χ4n) is 2.85. The van der Waals surface area contributed by atoms with Gasteiger partial charge in [0.15, 0.2) is 5.78 Å². The molecule has 3 N–H and O–H groups in total. The predicted molar refractivity (Wildman–Crippen MR) is 99.0 cm³/mol. The van der Waals surface area contributed by atoms with E-state index >= 15 is 0 Å². The Morgan fingerprint density at radius 2 is 1.88 bits per heavy atom. The Bertz CT molecular complexity index is 657. The largest absolute Gasteiger partial charge is 0.388 e. The minimum atomic E-state index is -0.716. The van der Waals surface area contributed by atoms with E-state index in [2.05, 4.69) is 16.0 Å². The summed E-state index contributed by atoms with van der Waals surface area (Å²) in [5.41, 5.74) is 1.37. The van der Waals surface area contributed by atoms with Gasteiger partial charge in [-0.15, -0.1) is 0 Å². The highest BCUT2D eigenvalue weighted by atomic mass is 16.5. The van der Waals surface area contributed by atoms with Crippen molar-refractivity contribution in [1.29, 1.82) is 0 Å². The average molecular weight is 361 g/mol. The lowest BCUT2D eigenvalue weighted by Gasteiger charge is -2.23. The van der Waals surface area contributed by atoms with Gasteiger partial charge in [0.05, 0.1) is 6.10 Å². The maximum absolute atomic E-state index is 12.6. The highest BCUT2D eigenvalue weighted by molar-refractivity contribution is 5.99. The fraction of sp³-hybridized carbons (Fsp3) is 0.526. The van der Waals surface area contributed by atoms with Crippen LogP contribution in [0.4, 0.5) is 5.69 Å². The molecule has 0 spiro atoms. The molecule has 1 unspecified atom stereocenters. The molecule has 142 valence electrons. The van der Waals surface area contributed by atoms with Crippen LogP contribution in [0.2, 0.25) is 0 Å². The Labute approximate surface area is 153 Å². The summed E-state index contributed by atoms with van der Waals surface area (Å²) in [6, 6.07) is 5.60. The first-order valence-electron chi connectivity index (χ1n) is 8.85. The number of carbonyl (C=O) groups is 3. The summed E-state index contributed by atoms with van der Waals surface area (Å²) in [4.78, 5) is 37.0. The van der Waals surface area contributed by atoms with Crippen molar-refractivity contribution in [2.75, 3.05) is 19.0 Å². The third-order valence-electron chi connectivity index (χ3n) is 4.37. The number of benzene rings is 1. The molecule has 0 bridgehead atoms. The third kappa shape index (κ3) is 5.05. The number of anilines is 1. The molecule has 1 heterocycles. The van der Waals surface area contributed by atoms with Crippen molar-refractivity contribution < 1.29 is 19.1 Å². The molecule has 2 rings (SSSR count). The molecule has 7 nitrogen and oxygen atoms in total. The van der Waals surface area contributed by atoms with E-state index in [1.165, 1.54) is 0 Å². The highest BCUT2D eigenvalue weighted by Gasteiger charge is 2.35. The molecular weight excluding hydrogens is 334 g/mol. The van der Waals surface area contributed by atoms with Crippen molar-refractivity contribution in [2.24, 2.45) is 5.92 Å². The minimum Gasteiger partial charge on any atom is -0.388 e. The van der Waals surface area contributed by atoms with E-state index in [0.29, 0.717) is 12.0 Å². The van der Waals surface area contributed by atoms with Crippen LogP contribution in [0.25, 0.3) is 0 Å². The van der Waals surface area contributed by atoms with Crippen LogP contribution < -0.4 is 16.0 Å². The lowest BCUT2D eigenvalue weighted by Crippen LogP contribution is -2.53. The number of carbonyl (C=O) groups excluding carboxylic acids is 3. The normalized spacial score (nSPS) is 20.7. The number of ketones is 1. The molecule has 0 aromatic heterocycles. The Morgan fingerprint density at radius 3 is 2.38 bits per heavy atom. The molecule has 1 fully saturated rings. The number of ether oxygens (including phenoxy) is 1. The SMILES string of the molecule is CNc1ccc(C(=O)NC(CC(C)C)C(=O)N[C@@H]2C(=O)CO[C@@H]2C)cc1. The maximum atomic E-state index is 12.6. The summed E-state index contributed by atoms with van der Waals surface area (Å²) in [5.74, 6) is -0.640. The third-order valence-corrected chi connectivity index (χ3v) is 4.37. The number of hydrogen-bond donors (Lipinski definition) is 3. The second-order valence-corrected chi connectivity index (χ2v) is 6.95. The first-order chi connectivity index (χ1) is 12.3. The number of nitrogens with one attached hydrogen (secondary N) is 3. The van der Waals surface area contributed by atoms with Crippen LogP contribution in [-0.4, -0.2) is 49.4 Å². The first-order valence-corrected chi connectivity index (χ1v) is 8.85. The predicted octanol–water partition coefficient (Wildman–Crippen LogP) is 1.35. The van der Waals surface area contributed by atoms with Crippen molar-refractivity contribution >= 4 is 23.3 Å². The molecule has 1 aliphatic heterocycles. The van der Waals surface area contributed by atoms with Gasteiger partial charge in [-0.3, -0.25) is 14.4 Å². The summed E-state index contributed by atoms with van der Waals surface area (Å²) in [7, 11) is 1.80. The molecule has 1 saturated heterocycles. The smallest absolute Gasteiger partial charge is 0.251 e. The number of rotatable bonds is 7. The number of amides is 2. The standard InChI is InChI=1S/C19H27N3O4/c1-11(2)9-15(19(25)22-17-12(3)26-10-16(17)23)21-18(24)13-5-7-14(20-4)8-6-13/h5-8,11-12,15,17,20H,9-10H2,1-4H3,(H,21,24)(H,22,25)/t12-,15?,17+/m1/s1. The van der Waals surface area contributed by atoms with Gasteiger partial charge in [-0.2, -0.15) is 0 Å². The van der Waals surface area contributed by atoms with Crippen molar-refractivity contribution in [3.05, 3.63) is 29.8 Å². The van der Waals surface area contributed by atoms with E-state index in [-0.39, 0.29) is 36.2 Å². The zero-order valence-electron chi connectivity index (χ0n) is 15.7. The summed E-state index contributed by atoms with van der Waals surface area (Å²) in [6.45, 7) is 5.70. The van der Waals surface area contributed by atoms with Gasteiger partial charge >= 0.3 is 0 Å². The van der Waals surface area contributed by atoms with E-state index in [1.807, 2.05) is 13.8 Å². The van der Waals surface area contributed by atoms with Gasteiger partial charge in [0.25, 0.3) is 5.91 Å². The zero-order valence-corrected chi connectivity index (χ0v) is 15.7. The van der Waals surface area contributed by atoms with E-state index in [1.54, 1.807) is 38.2 Å². The molecule has 1 aromatic rings. The van der Waals surface area contributed by atoms with Gasteiger partial charge < -0.3 is 20.7 Å². The van der Waals surface area contributed by atoms with Gasteiger partial charge in [-0.05, 0) is 43.5 Å². The fourth-order valence-corrected chi connectivity index (χ4v) is 2.85. The van der Waals surface area contributed by atoms with E-state index in [9.17, 15) is 14.4 Å². The van der Waals surface area contributed by atoms with Crippen LogP contribution >= 0.6 is 0 Å². The monoisotopic (exact) mass is 361 g/mol. The van der Waals surface area contributed by atoms with Gasteiger partial charge in [0.2, 0.25) is 5.91 Å². The molecule has 1 aliphatic rings. The molecule has 3 atom stereocenters. The molecular formula is C19H27N3O4. The van der Waals surface area contributed by atoms with Gasteiger partial charge in [0.1, 0.15) is 18.7 Å². The maximum Gasteiger partial charge on any atom is 0.251 e. The van der Waals surface area contributed by atoms with E-state index < -0.39 is 12.1 Å². The highest BCUT2D eigenvalue weighted by Crippen LogP contribution is 2.13. The second kappa shape index (κ2) is 8.80. The molecule has 7 heteroatoms. The molecule has 26 heavy (non-hydrogen) atoms. The molecule has 0 saturated carbocycles.